The van der Waals surface area contributed by atoms with E-state index in [0.29, 0.717) is 0 Å². The first-order valence-electron chi connectivity index (χ1n) is 5.06. The molecule has 10 heteroatoms. The van der Waals surface area contributed by atoms with Crippen LogP contribution in [0.4, 0.5) is 11.4 Å². The first kappa shape index (κ1) is 14.9. The van der Waals surface area contributed by atoms with Crippen LogP contribution in [0.5, 0.6) is 0 Å². The van der Waals surface area contributed by atoms with Gasteiger partial charge in [0.1, 0.15) is 5.69 Å². The first-order chi connectivity index (χ1) is 8.75. The lowest BCUT2D eigenvalue weighted by atomic mass is 10.3. The van der Waals surface area contributed by atoms with E-state index < -0.39 is 31.4 Å². The van der Waals surface area contributed by atoms with Crippen LogP contribution in [0.2, 0.25) is 0 Å². The lowest BCUT2D eigenvalue weighted by Crippen LogP contribution is -2.28. The number of amides is 1. The number of anilines is 1. The molecule has 0 heterocycles. The molecule has 0 atom stereocenters. The van der Waals surface area contributed by atoms with Crippen molar-refractivity contribution in [1.29, 1.82) is 0 Å². The molecule has 1 aromatic carbocycles. The number of nitrogen functional groups attached to an aromatic ring is 1. The first-order valence-corrected chi connectivity index (χ1v) is 6.55. The predicted octanol–water partition coefficient (Wildman–Crippen LogP) is -0.669. The van der Waals surface area contributed by atoms with Gasteiger partial charge in [-0.05, 0) is 12.1 Å². The Kier molecular flexibility index (Phi) is 4.40. The maximum atomic E-state index is 11.9. The molecular weight excluding hydrogens is 276 g/mol. The van der Waals surface area contributed by atoms with E-state index in [1.54, 1.807) is 0 Å². The number of nitrogens with zero attached hydrogens (tertiary/aromatic N) is 1. The number of primary amides is 1. The number of carbonyl (C=O) groups is 1. The number of benzene rings is 1. The van der Waals surface area contributed by atoms with Crippen LogP contribution < -0.4 is 16.2 Å². The van der Waals surface area contributed by atoms with Crippen molar-refractivity contribution >= 4 is 27.3 Å². The average molecular weight is 288 g/mol. The van der Waals surface area contributed by atoms with Gasteiger partial charge in [-0.2, -0.15) is 0 Å². The lowest BCUT2D eigenvalue weighted by molar-refractivity contribution is -0.386. The zero-order valence-corrected chi connectivity index (χ0v) is 10.5. The third-order valence-corrected chi connectivity index (χ3v) is 3.66. The second kappa shape index (κ2) is 5.63. The predicted molar refractivity (Wildman–Crippen MR) is 66.5 cm³/mol. The summed E-state index contributed by atoms with van der Waals surface area (Å²) in [6, 6.07) is 3.56. The van der Waals surface area contributed by atoms with Crippen molar-refractivity contribution in [1.82, 2.24) is 4.72 Å². The Labute approximate surface area is 108 Å². The quantitative estimate of drug-likeness (QED) is 0.357. The Bertz CT molecular complexity index is 613. The van der Waals surface area contributed by atoms with Gasteiger partial charge in [-0.1, -0.05) is 6.07 Å². The monoisotopic (exact) mass is 288 g/mol. The number of nitro benzene ring substituents is 1. The number of carbonyl (C=O) groups excluding carboxylic acids is 1. The van der Waals surface area contributed by atoms with Crippen molar-refractivity contribution in [2.75, 3.05) is 12.3 Å². The summed E-state index contributed by atoms with van der Waals surface area (Å²) < 4.78 is 25.8. The fraction of sp³-hybridized carbons (Fsp3) is 0.222. The second-order valence-electron chi connectivity index (χ2n) is 3.57. The van der Waals surface area contributed by atoms with Crippen LogP contribution in [0.3, 0.4) is 0 Å². The second-order valence-corrected chi connectivity index (χ2v) is 5.30. The summed E-state index contributed by atoms with van der Waals surface area (Å²) in [6.45, 7) is -0.246. The van der Waals surface area contributed by atoms with Crippen LogP contribution in [-0.4, -0.2) is 25.8 Å². The number of hydrogen-bond donors (Lipinski definition) is 3. The molecule has 9 nitrogen and oxygen atoms in total. The maximum Gasteiger partial charge on any atom is 0.312 e. The van der Waals surface area contributed by atoms with E-state index >= 15 is 0 Å². The molecule has 0 bridgehead atoms. The minimum absolute atomic E-state index is 0.213. The highest BCUT2D eigenvalue weighted by Crippen LogP contribution is 2.29. The van der Waals surface area contributed by atoms with Crippen LogP contribution in [0.25, 0.3) is 0 Å². The van der Waals surface area contributed by atoms with Crippen LogP contribution in [0, 0.1) is 10.1 Å². The van der Waals surface area contributed by atoms with Gasteiger partial charge in [0.2, 0.25) is 15.9 Å². The van der Waals surface area contributed by atoms with Gasteiger partial charge < -0.3 is 11.5 Å². The van der Waals surface area contributed by atoms with E-state index in [1.165, 1.54) is 12.1 Å². The number of rotatable bonds is 6. The Morgan fingerprint density at radius 1 is 1.42 bits per heavy atom. The average Bonchev–Trinajstić information content (AvgIpc) is 2.27. The number of hydrogen-bond acceptors (Lipinski definition) is 6. The van der Waals surface area contributed by atoms with E-state index in [2.05, 4.69) is 0 Å². The summed E-state index contributed by atoms with van der Waals surface area (Å²) in [5.41, 5.74) is 9.29. The van der Waals surface area contributed by atoms with Gasteiger partial charge in [-0.25, -0.2) is 13.1 Å². The number of nitro groups is 1. The Morgan fingerprint density at radius 3 is 2.58 bits per heavy atom. The van der Waals surface area contributed by atoms with Crippen molar-refractivity contribution in [3.05, 3.63) is 28.3 Å². The molecule has 0 saturated heterocycles. The minimum Gasteiger partial charge on any atom is -0.393 e. The molecule has 19 heavy (non-hydrogen) atoms. The molecule has 0 spiro atoms. The molecule has 0 aliphatic heterocycles. The van der Waals surface area contributed by atoms with Crippen LogP contribution in [-0.2, 0) is 14.8 Å². The van der Waals surface area contributed by atoms with Crippen LogP contribution in [0.1, 0.15) is 6.42 Å². The fourth-order valence-electron chi connectivity index (χ4n) is 1.34. The maximum absolute atomic E-state index is 11.9. The van der Waals surface area contributed by atoms with Gasteiger partial charge in [0.15, 0.2) is 4.90 Å². The summed E-state index contributed by atoms with van der Waals surface area (Å²) in [7, 11) is -4.13. The summed E-state index contributed by atoms with van der Waals surface area (Å²) >= 11 is 0. The van der Waals surface area contributed by atoms with Gasteiger partial charge in [0.05, 0.1) is 4.92 Å². The topological polar surface area (TPSA) is 158 Å². The molecule has 0 radical (unpaired) electrons. The molecule has 1 aromatic rings. The van der Waals surface area contributed by atoms with Gasteiger partial charge in [-0.3, -0.25) is 14.9 Å². The summed E-state index contributed by atoms with van der Waals surface area (Å²) in [4.78, 5) is 19.9. The standard InChI is InChI=1S/C9H12N4O5S/c10-6-2-1-3-7(9(6)13(15)16)19(17,18)12-5-4-8(11)14/h1-3,12H,4-5,10H2,(H2,11,14). The van der Waals surface area contributed by atoms with E-state index in [0.717, 1.165) is 6.07 Å². The third kappa shape index (κ3) is 3.63. The number of sulfonamides is 1. The SMILES string of the molecule is NC(=O)CCNS(=O)(=O)c1cccc(N)c1[N+](=O)[O-]. The fourth-order valence-corrected chi connectivity index (χ4v) is 2.57. The lowest BCUT2D eigenvalue weighted by Gasteiger charge is -2.07. The Morgan fingerprint density at radius 2 is 2.05 bits per heavy atom. The minimum atomic E-state index is -4.13. The van der Waals surface area contributed by atoms with Crippen molar-refractivity contribution < 1.29 is 18.1 Å². The Balaban J connectivity index is 3.11. The zero-order valence-electron chi connectivity index (χ0n) is 9.70. The normalized spacial score (nSPS) is 11.2. The van der Waals surface area contributed by atoms with Gasteiger partial charge in [0, 0.05) is 13.0 Å². The molecule has 1 rings (SSSR count). The summed E-state index contributed by atoms with van der Waals surface area (Å²) in [5.74, 6) is -0.690. The highest BCUT2D eigenvalue weighted by molar-refractivity contribution is 7.89. The van der Waals surface area contributed by atoms with E-state index in [1.807, 2.05) is 4.72 Å². The number of nitrogens with one attached hydrogen (secondary N) is 1. The van der Waals surface area contributed by atoms with E-state index in [4.69, 9.17) is 11.5 Å². The van der Waals surface area contributed by atoms with Crippen molar-refractivity contribution in [2.45, 2.75) is 11.3 Å². The smallest absolute Gasteiger partial charge is 0.312 e. The van der Waals surface area contributed by atoms with Crippen LogP contribution >= 0.6 is 0 Å². The molecule has 1 amide bonds. The molecule has 0 aliphatic carbocycles. The number of para-hydroxylation sites is 1. The molecule has 0 aliphatic rings. The van der Waals surface area contributed by atoms with E-state index in [9.17, 15) is 23.3 Å². The molecule has 104 valence electrons. The Hall–Kier alpha value is -2.20. The summed E-state index contributed by atoms with van der Waals surface area (Å²) in [5, 5.41) is 10.8. The van der Waals surface area contributed by atoms with Crippen molar-refractivity contribution in [3.63, 3.8) is 0 Å². The van der Waals surface area contributed by atoms with Crippen molar-refractivity contribution in [3.8, 4) is 0 Å². The molecule has 0 fully saturated rings. The summed E-state index contributed by atoms with van der Waals surface area (Å²) in [6.07, 6.45) is -0.213. The molecule has 0 saturated carbocycles. The van der Waals surface area contributed by atoms with E-state index in [-0.39, 0.29) is 18.7 Å². The zero-order chi connectivity index (χ0) is 14.6. The highest BCUT2D eigenvalue weighted by atomic mass is 32.2. The van der Waals surface area contributed by atoms with Gasteiger partial charge >= 0.3 is 5.69 Å². The molecule has 5 N–H and O–H groups in total. The largest absolute Gasteiger partial charge is 0.393 e. The van der Waals surface area contributed by atoms with Gasteiger partial charge in [-0.15, -0.1) is 0 Å². The number of nitrogens with two attached hydrogens (primary N) is 2. The highest BCUT2D eigenvalue weighted by Gasteiger charge is 2.27. The molecule has 0 aromatic heterocycles. The van der Waals surface area contributed by atoms with Crippen molar-refractivity contribution in [2.24, 2.45) is 5.73 Å². The van der Waals surface area contributed by atoms with Gasteiger partial charge in [0.25, 0.3) is 0 Å². The molecule has 0 unspecified atom stereocenters. The third-order valence-electron chi connectivity index (χ3n) is 2.17. The van der Waals surface area contributed by atoms with Crippen LogP contribution in [0.15, 0.2) is 23.1 Å². The molecular formula is C9H12N4O5S.